The van der Waals surface area contributed by atoms with E-state index in [4.69, 9.17) is 0 Å². The lowest BCUT2D eigenvalue weighted by Gasteiger charge is -2.27. The molecule has 10 heteroatoms. The topological polar surface area (TPSA) is 144 Å². The molecule has 0 radical (unpaired) electrons. The average Bonchev–Trinajstić information content (AvgIpc) is 2.65. The van der Waals surface area contributed by atoms with Crippen LogP contribution in [0.25, 0.3) is 10.8 Å². The van der Waals surface area contributed by atoms with Crippen LogP contribution in [0.2, 0.25) is 0 Å². The highest BCUT2D eigenvalue weighted by molar-refractivity contribution is 6.37. The van der Waals surface area contributed by atoms with Crippen molar-refractivity contribution < 1.29 is 24.5 Å². The minimum Gasteiger partial charge on any atom is -0.508 e. The lowest BCUT2D eigenvalue weighted by molar-refractivity contribution is -0.390. The lowest BCUT2D eigenvalue weighted by Crippen LogP contribution is -2.40. The largest absolute Gasteiger partial charge is 0.508 e. The molecular formula is C18H9N3O7. The minimum atomic E-state index is -0.802. The Balaban J connectivity index is 2.07. The monoisotopic (exact) mass is 379 g/mol. The highest BCUT2D eigenvalue weighted by Gasteiger charge is 2.38. The molecule has 0 fully saturated rings. The van der Waals surface area contributed by atoms with Crippen molar-refractivity contribution in [3.05, 3.63) is 79.9 Å². The van der Waals surface area contributed by atoms with Gasteiger partial charge in [-0.25, -0.2) is 4.90 Å². The zero-order valence-corrected chi connectivity index (χ0v) is 13.9. The third kappa shape index (κ3) is 2.28. The number of nitro benzene ring substituents is 2. The van der Waals surface area contributed by atoms with E-state index in [2.05, 4.69) is 0 Å². The molecule has 0 unspecified atom stereocenters. The smallest absolute Gasteiger partial charge is 0.284 e. The molecule has 4 rings (SSSR count). The van der Waals surface area contributed by atoms with E-state index in [1.54, 1.807) is 0 Å². The van der Waals surface area contributed by atoms with E-state index in [-0.39, 0.29) is 33.3 Å². The number of amides is 2. The highest BCUT2D eigenvalue weighted by atomic mass is 16.6. The molecule has 0 saturated carbocycles. The molecule has 0 bridgehead atoms. The third-order valence-electron chi connectivity index (χ3n) is 4.47. The summed E-state index contributed by atoms with van der Waals surface area (Å²) in [5.41, 5.74) is -1.20. The van der Waals surface area contributed by atoms with Gasteiger partial charge in [0.05, 0.1) is 15.5 Å². The fourth-order valence-corrected chi connectivity index (χ4v) is 3.32. The van der Waals surface area contributed by atoms with E-state index in [1.807, 2.05) is 0 Å². The van der Waals surface area contributed by atoms with Crippen molar-refractivity contribution in [3.8, 4) is 5.75 Å². The van der Waals surface area contributed by atoms with Gasteiger partial charge in [-0.05, 0) is 24.3 Å². The molecule has 1 heterocycles. The molecule has 138 valence electrons. The second-order valence-corrected chi connectivity index (χ2v) is 5.99. The average molecular weight is 379 g/mol. The fourth-order valence-electron chi connectivity index (χ4n) is 3.32. The van der Waals surface area contributed by atoms with Crippen molar-refractivity contribution in [3.63, 3.8) is 0 Å². The zero-order chi connectivity index (χ0) is 20.2. The number of anilines is 1. The number of non-ortho nitro benzene ring substituents is 2. The van der Waals surface area contributed by atoms with E-state index in [9.17, 15) is 34.9 Å². The Hall–Kier alpha value is -4.34. The van der Waals surface area contributed by atoms with Crippen molar-refractivity contribution in [1.82, 2.24) is 0 Å². The van der Waals surface area contributed by atoms with Crippen molar-refractivity contribution in [2.45, 2.75) is 0 Å². The molecule has 0 aromatic heterocycles. The summed E-state index contributed by atoms with van der Waals surface area (Å²) in [4.78, 5) is 47.9. The molecule has 28 heavy (non-hydrogen) atoms. The van der Waals surface area contributed by atoms with Crippen LogP contribution in [-0.4, -0.2) is 26.8 Å². The maximum absolute atomic E-state index is 13.0. The Labute approximate surface area is 155 Å². The third-order valence-corrected chi connectivity index (χ3v) is 4.47. The van der Waals surface area contributed by atoms with Gasteiger partial charge in [0, 0.05) is 34.7 Å². The summed E-state index contributed by atoms with van der Waals surface area (Å²) in [5.74, 6) is -1.77. The molecule has 10 nitrogen and oxygen atoms in total. The van der Waals surface area contributed by atoms with Crippen LogP contribution in [0.5, 0.6) is 5.75 Å². The predicted molar refractivity (Wildman–Crippen MR) is 96.5 cm³/mol. The fraction of sp³-hybridized carbons (Fsp3) is 0. The summed E-state index contributed by atoms with van der Waals surface area (Å²) in [6.07, 6.45) is 0. The van der Waals surface area contributed by atoms with E-state index in [0.717, 1.165) is 29.2 Å². The summed E-state index contributed by atoms with van der Waals surface area (Å²) < 4.78 is 0. The number of hydrogen-bond donors (Lipinski definition) is 1. The first-order valence-corrected chi connectivity index (χ1v) is 7.87. The number of carbonyl (C=O) groups excluding carboxylic acids is 2. The van der Waals surface area contributed by atoms with Gasteiger partial charge in [-0.1, -0.05) is 6.07 Å². The SMILES string of the molecule is O=C1c2ccc([N+](=O)[O-])c3c([N+](=O)[O-])ccc(c23)C(=O)N1c1cccc(O)c1. The molecule has 0 spiro atoms. The molecule has 1 aliphatic heterocycles. The van der Waals surface area contributed by atoms with Gasteiger partial charge in [-0.3, -0.25) is 29.8 Å². The maximum atomic E-state index is 13.0. The molecular weight excluding hydrogens is 370 g/mol. The Kier molecular flexibility index (Phi) is 3.57. The summed E-state index contributed by atoms with van der Waals surface area (Å²) in [5, 5.41) is 31.9. The summed E-state index contributed by atoms with van der Waals surface area (Å²) in [6.45, 7) is 0. The number of benzene rings is 3. The number of rotatable bonds is 3. The molecule has 0 aliphatic carbocycles. The van der Waals surface area contributed by atoms with Gasteiger partial charge >= 0.3 is 0 Å². The molecule has 2 amide bonds. The van der Waals surface area contributed by atoms with Gasteiger partial charge < -0.3 is 5.11 Å². The van der Waals surface area contributed by atoms with Crippen LogP contribution in [-0.2, 0) is 0 Å². The predicted octanol–water partition coefficient (Wildman–Crippen LogP) is 3.16. The number of hydrogen-bond acceptors (Lipinski definition) is 7. The Bertz CT molecular complexity index is 1170. The number of nitro groups is 2. The van der Waals surface area contributed by atoms with E-state index >= 15 is 0 Å². The molecule has 1 N–H and O–H groups in total. The van der Waals surface area contributed by atoms with Crippen molar-refractivity contribution in [1.29, 1.82) is 0 Å². The standard InChI is InChI=1S/C18H9N3O7/c22-10-3-1-2-9(8-10)19-17(23)11-4-6-13(20(25)26)16-14(21(27)28)7-5-12(15(11)16)18(19)24/h1-8,22H. The van der Waals surface area contributed by atoms with Crippen LogP contribution in [0.4, 0.5) is 17.1 Å². The second-order valence-electron chi connectivity index (χ2n) is 5.99. The van der Waals surface area contributed by atoms with Gasteiger partial charge in [-0.2, -0.15) is 0 Å². The quantitative estimate of drug-likeness (QED) is 0.418. The van der Waals surface area contributed by atoms with E-state index in [1.165, 1.54) is 24.3 Å². The normalized spacial score (nSPS) is 13.1. The zero-order valence-electron chi connectivity index (χ0n) is 13.9. The Morgan fingerprint density at radius 1 is 0.786 bits per heavy atom. The number of carbonyl (C=O) groups is 2. The van der Waals surface area contributed by atoms with E-state index < -0.39 is 33.0 Å². The number of imide groups is 1. The van der Waals surface area contributed by atoms with Crippen LogP contribution in [0.15, 0.2) is 48.5 Å². The Morgan fingerprint density at radius 3 is 1.79 bits per heavy atom. The van der Waals surface area contributed by atoms with Crippen molar-refractivity contribution >= 4 is 39.6 Å². The van der Waals surface area contributed by atoms with Gasteiger partial charge in [0.15, 0.2) is 0 Å². The van der Waals surface area contributed by atoms with Gasteiger partial charge in [0.1, 0.15) is 11.1 Å². The first-order chi connectivity index (χ1) is 13.3. The lowest BCUT2D eigenvalue weighted by atomic mass is 9.91. The minimum absolute atomic E-state index is 0.0813. The number of aromatic hydroxyl groups is 1. The first-order valence-electron chi connectivity index (χ1n) is 7.87. The van der Waals surface area contributed by atoms with Crippen LogP contribution in [0.1, 0.15) is 20.7 Å². The first kappa shape index (κ1) is 17.1. The van der Waals surface area contributed by atoms with Crippen molar-refractivity contribution in [2.24, 2.45) is 0 Å². The summed E-state index contributed by atoms with van der Waals surface area (Å²) >= 11 is 0. The van der Waals surface area contributed by atoms with Gasteiger partial charge in [-0.15, -0.1) is 0 Å². The molecule has 3 aromatic carbocycles. The summed E-state index contributed by atoms with van der Waals surface area (Å²) in [6, 6.07) is 9.80. The van der Waals surface area contributed by atoms with Gasteiger partial charge in [0.25, 0.3) is 23.2 Å². The Morgan fingerprint density at radius 2 is 1.32 bits per heavy atom. The van der Waals surface area contributed by atoms with E-state index in [0.29, 0.717) is 0 Å². The van der Waals surface area contributed by atoms with Crippen LogP contribution < -0.4 is 4.90 Å². The molecule has 0 saturated heterocycles. The number of phenols is 1. The van der Waals surface area contributed by atoms with Gasteiger partial charge in [0.2, 0.25) is 0 Å². The molecule has 0 atom stereocenters. The molecule has 1 aliphatic rings. The van der Waals surface area contributed by atoms with Crippen LogP contribution in [0.3, 0.4) is 0 Å². The van der Waals surface area contributed by atoms with Crippen LogP contribution >= 0.6 is 0 Å². The summed E-state index contributed by atoms with van der Waals surface area (Å²) in [7, 11) is 0. The van der Waals surface area contributed by atoms with Crippen molar-refractivity contribution in [2.75, 3.05) is 4.90 Å². The van der Waals surface area contributed by atoms with Crippen LogP contribution in [0, 0.1) is 20.2 Å². The highest BCUT2D eigenvalue weighted by Crippen LogP contribution is 2.41. The number of nitrogens with zero attached hydrogens (tertiary/aromatic N) is 3. The maximum Gasteiger partial charge on any atom is 0.284 e. The number of phenolic OH excluding ortho intramolecular Hbond substituents is 1. The second kappa shape index (κ2) is 5.84. The molecule has 3 aromatic rings.